The summed E-state index contributed by atoms with van der Waals surface area (Å²) in [5.74, 6) is -1.83. The van der Waals surface area contributed by atoms with Crippen LogP contribution < -0.4 is 9.47 Å². The minimum absolute atomic E-state index is 0.162. The van der Waals surface area contributed by atoms with Crippen LogP contribution >= 0.6 is 0 Å². The third-order valence-electron chi connectivity index (χ3n) is 4.61. The molecule has 0 bridgehead atoms. The highest BCUT2D eigenvalue weighted by Crippen LogP contribution is 2.31. The Morgan fingerprint density at radius 3 is 1.64 bits per heavy atom. The van der Waals surface area contributed by atoms with Crippen molar-refractivity contribution in [1.82, 2.24) is 0 Å². The molecule has 0 aromatic heterocycles. The molecule has 0 saturated heterocycles. The molecule has 0 aliphatic rings. The van der Waals surface area contributed by atoms with Gasteiger partial charge in [0, 0.05) is 29.3 Å². The third-order valence-corrected chi connectivity index (χ3v) is 4.61. The summed E-state index contributed by atoms with van der Waals surface area (Å²) >= 11 is 0. The first-order valence-corrected chi connectivity index (χ1v) is 10.4. The molecular formula is C28H20F2O6. The normalized spacial score (nSPS) is 10.7. The van der Waals surface area contributed by atoms with Gasteiger partial charge in [-0.2, -0.15) is 0 Å². The standard InChI is InChI=1S/C28H20F2O6/c1-3-27(31)35-15-13-33-21-8-5-19(6-9-21)23-11-7-20(17-25(23)29)24-12-10-22(18-26(24)30)34-14-16-36-28(32)4-2/h3-18H,1-2H2. The highest BCUT2D eigenvalue weighted by Gasteiger charge is 2.11. The lowest BCUT2D eigenvalue weighted by Crippen LogP contribution is -1.94. The van der Waals surface area contributed by atoms with Gasteiger partial charge in [0.2, 0.25) is 0 Å². The number of carbonyl (C=O) groups excluding carboxylic acids is 2. The van der Waals surface area contributed by atoms with Crippen molar-refractivity contribution in [2.24, 2.45) is 0 Å². The Morgan fingerprint density at radius 2 is 1.08 bits per heavy atom. The van der Waals surface area contributed by atoms with E-state index in [0.29, 0.717) is 22.4 Å². The van der Waals surface area contributed by atoms with E-state index in [0.717, 1.165) is 37.0 Å². The van der Waals surface area contributed by atoms with Crippen molar-refractivity contribution in [1.29, 1.82) is 0 Å². The molecule has 36 heavy (non-hydrogen) atoms. The lowest BCUT2D eigenvalue weighted by molar-refractivity contribution is -0.133. The van der Waals surface area contributed by atoms with E-state index < -0.39 is 23.6 Å². The Bertz CT molecular complexity index is 1330. The second-order valence-electron chi connectivity index (χ2n) is 6.92. The van der Waals surface area contributed by atoms with Gasteiger partial charge in [0.25, 0.3) is 0 Å². The van der Waals surface area contributed by atoms with Crippen molar-refractivity contribution < 1.29 is 37.3 Å². The first kappa shape index (κ1) is 25.6. The average molecular weight is 490 g/mol. The molecule has 6 nitrogen and oxygen atoms in total. The summed E-state index contributed by atoms with van der Waals surface area (Å²) in [5.41, 5.74) is 1.43. The molecule has 0 amide bonds. The smallest absolute Gasteiger partial charge is 0.335 e. The van der Waals surface area contributed by atoms with E-state index >= 15 is 0 Å². The number of rotatable bonds is 10. The Morgan fingerprint density at radius 1 is 0.611 bits per heavy atom. The van der Waals surface area contributed by atoms with Crippen molar-refractivity contribution >= 4 is 11.9 Å². The first-order valence-electron chi connectivity index (χ1n) is 10.4. The van der Waals surface area contributed by atoms with Crippen LogP contribution in [0.4, 0.5) is 8.78 Å². The number of hydrogen-bond acceptors (Lipinski definition) is 6. The number of esters is 2. The Hall–Kier alpha value is -4.98. The van der Waals surface area contributed by atoms with Crippen LogP contribution in [0.1, 0.15) is 0 Å². The molecular weight excluding hydrogens is 470 g/mol. The maximum absolute atomic E-state index is 14.9. The van der Waals surface area contributed by atoms with Gasteiger partial charge in [-0.3, -0.25) is 0 Å². The van der Waals surface area contributed by atoms with Crippen LogP contribution in [0, 0.1) is 11.6 Å². The third kappa shape index (κ3) is 7.01. The van der Waals surface area contributed by atoms with Crippen LogP contribution in [0.5, 0.6) is 11.5 Å². The van der Waals surface area contributed by atoms with E-state index in [1.807, 2.05) is 0 Å². The monoisotopic (exact) mass is 490 g/mol. The summed E-state index contributed by atoms with van der Waals surface area (Å²) in [5, 5.41) is 0. The number of ether oxygens (including phenoxy) is 4. The van der Waals surface area contributed by atoms with E-state index in [4.69, 9.17) is 9.47 Å². The predicted octanol–water partition coefficient (Wildman–Crippen LogP) is 6.46. The highest BCUT2D eigenvalue weighted by molar-refractivity contribution is 5.82. The zero-order valence-electron chi connectivity index (χ0n) is 18.9. The fourth-order valence-corrected chi connectivity index (χ4v) is 2.93. The van der Waals surface area contributed by atoms with E-state index in [-0.39, 0.29) is 11.3 Å². The molecule has 8 heteroatoms. The number of hydrogen-bond donors (Lipinski definition) is 0. The Labute approximate surface area is 206 Å². The number of halogens is 2. The lowest BCUT2D eigenvalue weighted by Gasteiger charge is -2.09. The average Bonchev–Trinajstić information content (AvgIpc) is 2.89. The Balaban J connectivity index is 1.68. The second kappa shape index (κ2) is 12.5. The van der Waals surface area contributed by atoms with E-state index in [2.05, 4.69) is 22.6 Å². The fraction of sp³-hybridized carbons (Fsp3) is 0. The van der Waals surface area contributed by atoms with E-state index in [9.17, 15) is 18.4 Å². The predicted molar refractivity (Wildman–Crippen MR) is 129 cm³/mol. The van der Waals surface area contributed by atoms with Crippen LogP contribution in [0.3, 0.4) is 0 Å². The van der Waals surface area contributed by atoms with Crippen LogP contribution in [-0.2, 0) is 19.1 Å². The minimum Gasteiger partial charge on any atom is -0.462 e. The first-order chi connectivity index (χ1) is 17.4. The van der Waals surface area contributed by atoms with Crippen molar-refractivity contribution in [3.05, 3.63) is 123 Å². The van der Waals surface area contributed by atoms with E-state index in [1.165, 1.54) is 24.5 Å². The lowest BCUT2D eigenvalue weighted by atomic mass is 9.99. The molecule has 182 valence electrons. The zero-order valence-corrected chi connectivity index (χ0v) is 18.9. The molecule has 3 aromatic rings. The van der Waals surface area contributed by atoms with Crippen molar-refractivity contribution in [2.75, 3.05) is 0 Å². The van der Waals surface area contributed by atoms with Crippen molar-refractivity contribution in [3.8, 4) is 33.8 Å². The summed E-state index contributed by atoms with van der Waals surface area (Å²) in [4.78, 5) is 21.9. The molecule has 0 radical (unpaired) electrons. The summed E-state index contributed by atoms with van der Waals surface area (Å²) in [6.07, 6.45) is 6.34. The molecule has 0 aliphatic carbocycles. The maximum Gasteiger partial charge on any atom is 0.335 e. The molecule has 0 heterocycles. The van der Waals surface area contributed by atoms with Crippen LogP contribution in [0.25, 0.3) is 22.3 Å². The van der Waals surface area contributed by atoms with E-state index in [1.54, 1.807) is 36.4 Å². The summed E-state index contributed by atoms with van der Waals surface area (Å²) in [7, 11) is 0. The maximum atomic E-state index is 14.9. The van der Waals surface area contributed by atoms with Gasteiger partial charge in [0.05, 0.1) is 0 Å². The van der Waals surface area contributed by atoms with Crippen LogP contribution in [0.2, 0.25) is 0 Å². The topological polar surface area (TPSA) is 71.1 Å². The van der Waals surface area contributed by atoms with Gasteiger partial charge in [-0.15, -0.1) is 0 Å². The van der Waals surface area contributed by atoms with Gasteiger partial charge in [-0.25, -0.2) is 18.4 Å². The number of carbonyl (C=O) groups is 2. The van der Waals surface area contributed by atoms with Crippen molar-refractivity contribution in [2.45, 2.75) is 0 Å². The quantitative estimate of drug-likeness (QED) is 0.185. The molecule has 0 aliphatic heterocycles. The SMILES string of the molecule is C=CC(=O)OC=COc1ccc(-c2ccc(-c3ccc(OC=COC(=O)C=C)cc3F)cc2F)cc1. The molecule has 0 N–H and O–H groups in total. The van der Waals surface area contributed by atoms with Crippen molar-refractivity contribution in [3.63, 3.8) is 0 Å². The molecule has 0 atom stereocenters. The van der Waals surface area contributed by atoms with Crippen LogP contribution in [-0.4, -0.2) is 11.9 Å². The molecule has 0 unspecified atom stereocenters. The van der Waals surface area contributed by atoms with Gasteiger partial charge in [0.1, 0.15) is 48.2 Å². The molecule has 3 aromatic carbocycles. The highest BCUT2D eigenvalue weighted by atomic mass is 19.1. The van der Waals surface area contributed by atoms with Crippen LogP contribution in [0.15, 0.2) is 111 Å². The fourth-order valence-electron chi connectivity index (χ4n) is 2.93. The molecule has 3 rings (SSSR count). The van der Waals surface area contributed by atoms with Gasteiger partial charge in [0.15, 0.2) is 0 Å². The largest absolute Gasteiger partial charge is 0.462 e. The molecule has 0 spiro atoms. The van der Waals surface area contributed by atoms with Gasteiger partial charge in [-0.1, -0.05) is 37.4 Å². The Kier molecular flexibility index (Phi) is 8.88. The van der Waals surface area contributed by atoms with Gasteiger partial charge < -0.3 is 18.9 Å². The minimum atomic E-state index is -0.660. The van der Waals surface area contributed by atoms with Gasteiger partial charge >= 0.3 is 11.9 Å². The summed E-state index contributed by atoms with van der Waals surface area (Å²) < 4.78 is 49.3. The summed E-state index contributed by atoms with van der Waals surface area (Å²) in [6, 6.07) is 15.0. The second-order valence-corrected chi connectivity index (χ2v) is 6.92. The molecule has 0 saturated carbocycles. The van der Waals surface area contributed by atoms with Gasteiger partial charge in [-0.05, 0) is 41.5 Å². The number of benzene rings is 3. The summed E-state index contributed by atoms with van der Waals surface area (Å²) in [6.45, 7) is 6.52. The zero-order chi connectivity index (χ0) is 25.9. The molecule has 0 fully saturated rings.